The van der Waals surface area contributed by atoms with Crippen LogP contribution in [0.5, 0.6) is 0 Å². The van der Waals surface area contributed by atoms with E-state index < -0.39 is 9.84 Å². The summed E-state index contributed by atoms with van der Waals surface area (Å²) in [6.07, 6.45) is 0. The van der Waals surface area contributed by atoms with E-state index in [-0.39, 0.29) is 5.88 Å². The molecule has 2 rings (SSSR count). The molecule has 4 nitrogen and oxygen atoms in total. The average Bonchev–Trinajstić information content (AvgIpc) is 2.30. The number of sulfone groups is 1. The highest BCUT2D eigenvalue weighted by atomic mass is 79.9. The third kappa shape index (κ3) is 3.51. The molecule has 0 aromatic heterocycles. The zero-order chi connectivity index (χ0) is 12.3. The van der Waals surface area contributed by atoms with Gasteiger partial charge in [0.15, 0.2) is 9.84 Å². The van der Waals surface area contributed by atoms with Gasteiger partial charge in [-0.1, -0.05) is 15.9 Å². The van der Waals surface area contributed by atoms with Crippen molar-refractivity contribution in [1.29, 1.82) is 0 Å². The molecule has 0 aliphatic carbocycles. The predicted octanol–water partition coefficient (Wildman–Crippen LogP) is 1.09. The normalized spacial score (nSPS) is 18.2. The van der Waals surface area contributed by atoms with Crippen LogP contribution in [0.1, 0.15) is 0 Å². The van der Waals surface area contributed by atoms with Gasteiger partial charge < -0.3 is 5.32 Å². The number of rotatable bonds is 3. The Kier molecular flexibility index (Phi) is 4.19. The Labute approximate surface area is 110 Å². The van der Waals surface area contributed by atoms with Gasteiger partial charge in [-0.2, -0.15) is 0 Å². The second-order valence-corrected chi connectivity index (χ2v) is 6.94. The molecular formula is C11H15BrN2O2S. The van der Waals surface area contributed by atoms with Crippen molar-refractivity contribution in [3.8, 4) is 0 Å². The minimum atomic E-state index is -3.20. The summed E-state index contributed by atoms with van der Waals surface area (Å²) in [6, 6.07) is 6.79. The summed E-state index contributed by atoms with van der Waals surface area (Å²) >= 11 is 3.30. The molecule has 6 heteroatoms. The molecule has 0 spiro atoms. The Morgan fingerprint density at radius 3 is 2.35 bits per heavy atom. The van der Waals surface area contributed by atoms with Crippen LogP contribution in [0.3, 0.4) is 0 Å². The first-order valence-corrected chi connectivity index (χ1v) is 7.94. The van der Waals surface area contributed by atoms with Crippen LogP contribution in [0.15, 0.2) is 33.6 Å². The molecule has 1 N–H and O–H groups in total. The lowest BCUT2D eigenvalue weighted by Gasteiger charge is -2.26. The van der Waals surface area contributed by atoms with Crippen LogP contribution < -0.4 is 5.32 Å². The molecule has 1 aliphatic heterocycles. The van der Waals surface area contributed by atoms with Crippen molar-refractivity contribution in [2.45, 2.75) is 4.90 Å². The number of halogens is 1. The number of piperazine rings is 1. The SMILES string of the molecule is O=S(=O)(CN1CCNCC1)c1ccc(Br)cc1. The van der Waals surface area contributed by atoms with E-state index in [1.165, 1.54) is 0 Å². The van der Waals surface area contributed by atoms with E-state index in [9.17, 15) is 8.42 Å². The van der Waals surface area contributed by atoms with Crippen molar-refractivity contribution in [1.82, 2.24) is 10.2 Å². The Balaban J connectivity index is 2.10. The first-order valence-electron chi connectivity index (χ1n) is 5.49. The summed E-state index contributed by atoms with van der Waals surface area (Å²) in [4.78, 5) is 2.35. The van der Waals surface area contributed by atoms with Crippen molar-refractivity contribution in [3.05, 3.63) is 28.7 Å². The van der Waals surface area contributed by atoms with Gasteiger partial charge in [-0.25, -0.2) is 8.42 Å². The Morgan fingerprint density at radius 1 is 1.18 bits per heavy atom. The van der Waals surface area contributed by atoms with E-state index in [4.69, 9.17) is 0 Å². The molecule has 0 atom stereocenters. The van der Waals surface area contributed by atoms with E-state index in [0.717, 1.165) is 30.7 Å². The van der Waals surface area contributed by atoms with Gasteiger partial charge in [0.25, 0.3) is 0 Å². The van der Waals surface area contributed by atoms with Crippen LogP contribution in [0.4, 0.5) is 0 Å². The molecule has 94 valence electrons. The fourth-order valence-electron chi connectivity index (χ4n) is 1.80. The van der Waals surface area contributed by atoms with Gasteiger partial charge in [0.05, 0.1) is 4.90 Å². The fourth-order valence-corrected chi connectivity index (χ4v) is 3.50. The van der Waals surface area contributed by atoms with E-state index in [2.05, 4.69) is 21.2 Å². The van der Waals surface area contributed by atoms with Crippen LogP contribution in [0.25, 0.3) is 0 Å². The summed E-state index contributed by atoms with van der Waals surface area (Å²) in [5.41, 5.74) is 0. The summed E-state index contributed by atoms with van der Waals surface area (Å²) in [5.74, 6) is 0.107. The highest BCUT2D eigenvalue weighted by Crippen LogP contribution is 2.16. The van der Waals surface area contributed by atoms with E-state index in [0.29, 0.717) is 4.90 Å². The molecule has 17 heavy (non-hydrogen) atoms. The largest absolute Gasteiger partial charge is 0.314 e. The summed E-state index contributed by atoms with van der Waals surface area (Å²) in [7, 11) is -3.20. The maximum Gasteiger partial charge on any atom is 0.191 e. The maximum atomic E-state index is 12.1. The lowest BCUT2D eigenvalue weighted by molar-refractivity contribution is 0.274. The molecule has 1 fully saturated rings. The molecule has 1 aromatic rings. The number of benzene rings is 1. The molecule has 0 saturated carbocycles. The number of nitrogens with zero attached hydrogens (tertiary/aromatic N) is 1. The van der Waals surface area contributed by atoms with Crippen molar-refractivity contribution in [2.75, 3.05) is 32.1 Å². The zero-order valence-electron chi connectivity index (χ0n) is 9.39. The zero-order valence-corrected chi connectivity index (χ0v) is 11.8. The average molecular weight is 319 g/mol. The molecule has 0 radical (unpaired) electrons. The first kappa shape index (κ1) is 13.0. The van der Waals surface area contributed by atoms with Crippen LogP contribution in [-0.4, -0.2) is 45.4 Å². The third-order valence-corrected chi connectivity index (χ3v) is 4.96. The van der Waals surface area contributed by atoms with Gasteiger partial charge in [0, 0.05) is 30.7 Å². The van der Waals surface area contributed by atoms with Crippen molar-refractivity contribution in [3.63, 3.8) is 0 Å². The quantitative estimate of drug-likeness (QED) is 0.906. The number of hydrogen-bond acceptors (Lipinski definition) is 4. The van der Waals surface area contributed by atoms with Crippen LogP contribution in [0, 0.1) is 0 Å². The van der Waals surface area contributed by atoms with Gasteiger partial charge in [-0.05, 0) is 24.3 Å². The Bertz CT molecular complexity index is 467. The van der Waals surface area contributed by atoms with Crippen molar-refractivity contribution < 1.29 is 8.42 Å². The van der Waals surface area contributed by atoms with Gasteiger partial charge in [-0.15, -0.1) is 0 Å². The molecular weight excluding hydrogens is 304 g/mol. The molecule has 0 bridgehead atoms. The Morgan fingerprint density at radius 2 is 1.76 bits per heavy atom. The molecule has 1 heterocycles. The van der Waals surface area contributed by atoms with Gasteiger partial charge >= 0.3 is 0 Å². The topological polar surface area (TPSA) is 49.4 Å². The fraction of sp³-hybridized carbons (Fsp3) is 0.455. The summed E-state index contributed by atoms with van der Waals surface area (Å²) in [5, 5.41) is 3.21. The van der Waals surface area contributed by atoms with E-state index >= 15 is 0 Å². The van der Waals surface area contributed by atoms with Crippen LogP contribution in [-0.2, 0) is 9.84 Å². The van der Waals surface area contributed by atoms with Crippen molar-refractivity contribution in [2.24, 2.45) is 0 Å². The molecule has 0 amide bonds. The monoisotopic (exact) mass is 318 g/mol. The molecule has 1 saturated heterocycles. The smallest absolute Gasteiger partial charge is 0.191 e. The second kappa shape index (κ2) is 5.48. The van der Waals surface area contributed by atoms with E-state index in [1.807, 2.05) is 4.90 Å². The highest BCUT2D eigenvalue weighted by molar-refractivity contribution is 9.10. The minimum Gasteiger partial charge on any atom is -0.314 e. The third-order valence-electron chi connectivity index (χ3n) is 2.73. The summed E-state index contributed by atoms with van der Waals surface area (Å²) in [6.45, 7) is 3.29. The van der Waals surface area contributed by atoms with Gasteiger partial charge in [-0.3, -0.25) is 4.90 Å². The van der Waals surface area contributed by atoms with Crippen LogP contribution in [0.2, 0.25) is 0 Å². The molecule has 1 aromatic carbocycles. The standard InChI is InChI=1S/C11H15BrN2O2S/c12-10-1-3-11(4-2-10)17(15,16)9-14-7-5-13-6-8-14/h1-4,13H,5-9H2. The maximum absolute atomic E-state index is 12.1. The molecule has 0 unspecified atom stereocenters. The number of nitrogens with one attached hydrogen (secondary N) is 1. The summed E-state index contributed by atoms with van der Waals surface area (Å²) < 4.78 is 25.2. The lowest BCUT2D eigenvalue weighted by Crippen LogP contribution is -2.45. The van der Waals surface area contributed by atoms with Crippen LogP contribution >= 0.6 is 15.9 Å². The number of hydrogen-bond donors (Lipinski definition) is 1. The van der Waals surface area contributed by atoms with E-state index in [1.54, 1.807) is 24.3 Å². The van der Waals surface area contributed by atoms with Crippen molar-refractivity contribution >= 4 is 25.8 Å². The predicted molar refractivity (Wildman–Crippen MR) is 70.6 cm³/mol. The highest BCUT2D eigenvalue weighted by Gasteiger charge is 2.20. The minimum absolute atomic E-state index is 0.107. The first-order chi connectivity index (χ1) is 8.08. The van der Waals surface area contributed by atoms with Gasteiger partial charge in [0.1, 0.15) is 5.88 Å². The Hall–Kier alpha value is -0.430. The molecule has 1 aliphatic rings. The second-order valence-electron chi connectivity index (χ2n) is 4.07. The van der Waals surface area contributed by atoms with Gasteiger partial charge in [0.2, 0.25) is 0 Å². The lowest BCUT2D eigenvalue weighted by atomic mass is 10.4.